The standard InChI is InChI=1S/C17H19BrN2/c18-15-11-13(12-19)8-9-17(15)20-10-4-3-6-14-5-1-2-7-16(14)20/h1-2,5,7-9,11H,3-4,6,10,12,19H2. The molecule has 0 unspecified atom stereocenters. The van der Waals surface area contributed by atoms with Gasteiger partial charge in [0, 0.05) is 23.2 Å². The van der Waals surface area contributed by atoms with Crippen LogP contribution in [-0.2, 0) is 13.0 Å². The average Bonchev–Trinajstić information content (AvgIpc) is 2.69. The van der Waals surface area contributed by atoms with Gasteiger partial charge >= 0.3 is 0 Å². The van der Waals surface area contributed by atoms with Crippen molar-refractivity contribution in [3.05, 3.63) is 58.1 Å². The van der Waals surface area contributed by atoms with E-state index in [-0.39, 0.29) is 0 Å². The Kier molecular flexibility index (Phi) is 4.08. The summed E-state index contributed by atoms with van der Waals surface area (Å²) in [4.78, 5) is 2.42. The van der Waals surface area contributed by atoms with Gasteiger partial charge in [-0.1, -0.05) is 24.3 Å². The maximum absolute atomic E-state index is 5.71. The molecule has 1 aliphatic rings. The molecule has 0 atom stereocenters. The molecule has 2 aromatic rings. The highest BCUT2D eigenvalue weighted by molar-refractivity contribution is 9.10. The predicted molar refractivity (Wildman–Crippen MR) is 88.4 cm³/mol. The Morgan fingerprint density at radius 2 is 1.90 bits per heavy atom. The van der Waals surface area contributed by atoms with E-state index < -0.39 is 0 Å². The van der Waals surface area contributed by atoms with Crippen molar-refractivity contribution in [3.8, 4) is 0 Å². The van der Waals surface area contributed by atoms with E-state index in [1.54, 1.807) is 0 Å². The van der Waals surface area contributed by atoms with E-state index in [1.807, 2.05) is 0 Å². The van der Waals surface area contributed by atoms with Crippen molar-refractivity contribution in [2.24, 2.45) is 5.73 Å². The summed E-state index contributed by atoms with van der Waals surface area (Å²) in [6, 6.07) is 15.2. The zero-order valence-electron chi connectivity index (χ0n) is 11.5. The van der Waals surface area contributed by atoms with E-state index in [2.05, 4.69) is 63.3 Å². The zero-order chi connectivity index (χ0) is 13.9. The highest BCUT2D eigenvalue weighted by Crippen LogP contribution is 2.36. The van der Waals surface area contributed by atoms with Gasteiger partial charge in [0.1, 0.15) is 0 Å². The highest BCUT2D eigenvalue weighted by Gasteiger charge is 2.18. The van der Waals surface area contributed by atoms with Crippen LogP contribution in [0.4, 0.5) is 11.4 Å². The first kappa shape index (κ1) is 13.7. The monoisotopic (exact) mass is 330 g/mol. The number of aryl methyl sites for hydroxylation is 1. The number of para-hydroxylation sites is 1. The number of benzene rings is 2. The third-order valence-electron chi connectivity index (χ3n) is 3.90. The molecule has 0 amide bonds. The normalized spacial score (nSPS) is 14.8. The van der Waals surface area contributed by atoms with Gasteiger partial charge in [-0.2, -0.15) is 0 Å². The second-order valence-corrected chi connectivity index (χ2v) is 6.08. The SMILES string of the molecule is NCc1ccc(N2CCCCc3ccccc32)c(Br)c1. The van der Waals surface area contributed by atoms with E-state index in [1.165, 1.54) is 36.2 Å². The van der Waals surface area contributed by atoms with E-state index in [0.29, 0.717) is 6.54 Å². The quantitative estimate of drug-likeness (QED) is 0.885. The third kappa shape index (κ3) is 2.60. The van der Waals surface area contributed by atoms with Crippen molar-refractivity contribution >= 4 is 27.3 Å². The van der Waals surface area contributed by atoms with Crippen LogP contribution in [0.2, 0.25) is 0 Å². The van der Waals surface area contributed by atoms with Crippen LogP contribution in [0.25, 0.3) is 0 Å². The van der Waals surface area contributed by atoms with Crippen LogP contribution in [0.3, 0.4) is 0 Å². The molecule has 0 aromatic heterocycles. The Labute approximate surface area is 128 Å². The topological polar surface area (TPSA) is 29.3 Å². The lowest BCUT2D eigenvalue weighted by atomic mass is 10.1. The molecule has 0 aliphatic carbocycles. The van der Waals surface area contributed by atoms with Crippen LogP contribution in [0.5, 0.6) is 0 Å². The van der Waals surface area contributed by atoms with Gasteiger partial charge in [0.15, 0.2) is 0 Å². The summed E-state index contributed by atoms with van der Waals surface area (Å²) in [6.07, 6.45) is 3.65. The maximum atomic E-state index is 5.71. The highest BCUT2D eigenvalue weighted by atomic mass is 79.9. The van der Waals surface area contributed by atoms with E-state index in [9.17, 15) is 0 Å². The van der Waals surface area contributed by atoms with Gasteiger partial charge in [0.25, 0.3) is 0 Å². The fourth-order valence-electron chi connectivity index (χ4n) is 2.84. The smallest absolute Gasteiger partial charge is 0.0555 e. The summed E-state index contributed by atoms with van der Waals surface area (Å²) >= 11 is 3.70. The Morgan fingerprint density at radius 1 is 1.05 bits per heavy atom. The molecule has 0 bridgehead atoms. The molecule has 0 radical (unpaired) electrons. The number of fused-ring (bicyclic) bond motifs is 1. The Hall–Kier alpha value is -1.32. The van der Waals surface area contributed by atoms with Gasteiger partial charge in [-0.25, -0.2) is 0 Å². The number of nitrogens with zero attached hydrogens (tertiary/aromatic N) is 1. The first-order chi connectivity index (χ1) is 9.79. The maximum Gasteiger partial charge on any atom is 0.0555 e. The summed E-state index contributed by atoms with van der Waals surface area (Å²) in [7, 11) is 0. The van der Waals surface area contributed by atoms with Crippen molar-refractivity contribution in [3.63, 3.8) is 0 Å². The van der Waals surface area contributed by atoms with Crippen molar-refractivity contribution < 1.29 is 0 Å². The molecule has 104 valence electrons. The summed E-state index contributed by atoms with van der Waals surface area (Å²) in [5.41, 5.74) is 10.9. The summed E-state index contributed by atoms with van der Waals surface area (Å²) in [5, 5.41) is 0. The number of hydrogen-bond acceptors (Lipinski definition) is 2. The molecule has 2 aromatic carbocycles. The van der Waals surface area contributed by atoms with Crippen molar-refractivity contribution in [2.45, 2.75) is 25.8 Å². The van der Waals surface area contributed by atoms with E-state index in [0.717, 1.165) is 16.6 Å². The second-order valence-electron chi connectivity index (χ2n) is 5.23. The fourth-order valence-corrected chi connectivity index (χ4v) is 3.48. The second kappa shape index (κ2) is 5.98. The lowest BCUT2D eigenvalue weighted by molar-refractivity contribution is 0.760. The molecule has 2 nitrogen and oxygen atoms in total. The molecular weight excluding hydrogens is 312 g/mol. The van der Waals surface area contributed by atoms with Gasteiger partial charge in [-0.05, 0) is 64.5 Å². The first-order valence-corrected chi connectivity index (χ1v) is 7.93. The number of nitrogens with two attached hydrogens (primary N) is 1. The fraction of sp³-hybridized carbons (Fsp3) is 0.294. The lowest BCUT2D eigenvalue weighted by Crippen LogP contribution is -2.18. The Balaban J connectivity index is 2.05. The molecule has 0 saturated carbocycles. The van der Waals surface area contributed by atoms with Crippen LogP contribution >= 0.6 is 15.9 Å². The van der Waals surface area contributed by atoms with Crippen molar-refractivity contribution in [1.82, 2.24) is 0 Å². The molecule has 2 N–H and O–H groups in total. The minimum atomic E-state index is 0.579. The molecule has 1 heterocycles. The molecule has 0 fully saturated rings. The van der Waals surface area contributed by atoms with Crippen LogP contribution in [-0.4, -0.2) is 6.54 Å². The minimum Gasteiger partial charge on any atom is -0.340 e. The van der Waals surface area contributed by atoms with Crippen LogP contribution in [0.1, 0.15) is 24.0 Å². The molecule has 3 heteroatoms. The number of rotatable bonds is 2. The van der Waals surface area contributed by atoms with Crippen LogP contribution in [0.15, 0.2) is 46.9 Å². The Bertz CT molecular complexity index is 610. The van der Waals surface area contributed by atoms with Gasteiger partial charge in [-0.3, -0.25) is 0 Å². The Morgan fingerprint density at radius 3 is 2.70 bits per heavy atom. The van der Waals surface area contributed by atoms with Gasteiger partial charge < -0.3 is 10.6 Å². The predicted octanol–water partition coefficient (Wildman–Crippen LogP) is 4.38. The largest absolute Gasteiger partial charge is 0.340 e. The summed E-state index contributed by atoms with van der Waals surface area (Å²) in [6.45, 7) is 1.65. The minimum absolute atomic E-state index is 0.579. The number of halogens is 1. The van der Waals surface area contributed by atoms with E-state index in [4.69, 9.17) is 5.73 Å². The van der Waals surface area contributed by atoms with E-state index >= 15 is 0 Å². The van der Waals surface area contributed by atoms with Crippen LogP contribution < -0.4 is 10.6 Å². The number of hydrogen-bond donors (Lipinski definition) is 1. The molecule has 20 heavy (non-hydrogen) atoms. The van der Waals surface area contributed by atoms with Gasteiger partial charge in [0.2, 0.25) is 0 Å². The lowest BCUT2D eigenvalue weighted by Gasteiger charge is -2.26. The van der Waals surface area contributed by atoms with Crippen molar-refractivity contribution in [2.75, 3.05) is 11.4 Å². The molecule has 1 aliphatic heterocycles. The number of anilines is 2. The average molecular weight is 331 g/mol. The van der Waals surface area contributed by atoms with Gasteiger partial charge in [-0.15, -0.1) is 0 Å². The third-order valence-corrected chi connectivity index (χ3v) is 4.53. The first-order valence-electron chi connectivity index (χ1n) is 7.13. The summed E-state index contributed by atoms with van der Waals surface area (Å²) in [5.74, 6) is 0. The van der Waals surface area contributed by atoms with Crippen LogP contribution in [0, 0.1) is 0 Å². The molecular formula is C17H19BrN2. The molecule has 0 spiro atoms. The van der Waals surface area contributed by atoms with Gasteiger partial charge in [0.05, 0.1) is 5.69 Å². The zero-order valence-corrected chi connectivity index (χ0v) is 13.1. The van der Waals surface area contributed by atoms with Crippen molar-refractivity contribution in [1.29, 1.82) is 0 Å². The molecule has 0 saturated heterocycles. The molecule has 3 rings (SSSR count). The summed E-state index contributed by atoms with van der Waals surface area (Å²) < 4.78 is 1.12.